The second-order valence-corrected chi connectivity index (χ2v) is 9.45. The van der Waals surface area contributed by atoms with Gasteiger partial charge in [0.2, 0.25) is 11.1 Å². The average molecular weight is 467 g/mol. The van der Waals surface area contributed by atoms with Crippen LogP contribution in [0.3, 0.4) is 0 Å². The van der Waals surface area contributed by atoms with E-state index in [0.29, 0.717) is 29.2 Å². The molecular formula is C24H23ClN4O2S. The van der Waals surface area contributed by atoms with Gasteiger partial charge < -0.3 is 10.1 Å². The highest BCUT2D eigenvalue weighted by Gasteiger charge is 2.36. The van der Waals surface area contributed by atoms with Crippen molar-refractivity contribution < 1.29 is 9.53 Å². The fourth-order valence-corrected chi connectivity index (χ4v) is 4.84. The molecule has 1 aliphatic heterocycles. The molecule has 8 heteroatoms. The van der Waals surface area contributed by atoms with Crippen molar-refractivity contribution in [3.05, 3.63) is 76.0 Å². The van der Waals surface area contributed by atoms with Gasteiger partial charge in [0.15, 0.2) is 5.78 Å². The molecule has 2 aromatic carbocycles. The molecule has 2 heterocycles. The summed E-state index contributed by atoms with van der Waals surface area (Å²) >= 11 is 7.56. The number of aromatic nitrogens is 3. The van der Waals surface area contributed by atoms with Crippen LogP contribution < -0.4 is 10.1 Å². The number of fused-ring (bicyclic) bond motifs is 1. The number of nitrogens with zero attached hydrogens (tertiary/aromatic N) is 3. The molecule has 1 unspecified atom stereocenters. The number of ketones is 1. The standard InChI is InChI=1S/C24H23ClN4O2S/c1-2-32-24-27-23-26-19-7-4-8-20(30)21(19)22(29(23)28-24)16-5-3-6-18(13-16)31-14-15-9-11-17(25)12-10-15/h3,5-6,9-13,22H,2,4,7-8,14H2,1H3,(H,26,27,28). The summed E-state index contributed by atoms with van der Waals surface area (Å²) in [4.78, 5) is 17.6. The molecule has 0 bridgehead atoms. The van der Waals surface area contributed by atoms with Crippen LogP contribution in [0.1, 0.15) is 43.4 Å². The first kappa shape index (κ1) is 21.1. The third-order valence-electron chi connectivity index (χ3n) is 5.61. The van der Waals surface area contributed by atoms with E-state index in [4.69, 9.17) is 21.4 Å². The molecule has 2 aliphatic rings. The van der Waals surface area contributed by atoms with Crippen molar-refractivity contribution in [2.45, 2.75) is 44.0 Å². The van der Waals surface area contributed by atoms with Crippen molar-refractivity contribution in [1.82, 2.24) is 14.8 Å². The van der Waals surface area contributed by atoms with E-state index in [1.165, 1.54) is 0 Å². The Morgan fingerprint density at radius 2 is 2.06 bits per heavy atom. The van der Waals surface area contributed by atoms with Gasteiger partial charge >= 0.3 is 0 Å². The van der Waals surface area contributed by atoms with Gasteiger partial charge in [-0.1, -0.05) is 54.6 Å². The summed E-state index contributed by atoms with van der Waals surface area (Å²) in [6.07, 6.45) is 2.25. The van der Waals surface area contributed by atoms with Crippen molar-refractivity contribution >= 4 is 35.1 Å². The minimum Gasteiger partial charge on any atom is -0.489 e. The molecule has 0 spiro atoms. The minimum atomic E-state index is -0.313. The van der Waals surface area contributed by atoms with Crippen LogP contribution in [0.25, 0.3) is 0 Å². The maximum atomic E-state index is 13.0. The molecule has 1 aliphatic carbocycles. The van der Waals surface area contributed by atoms with E-state index in [1.54, 1.807) is 11.8 Å². The van der Waals surface area contributed by atoms with Gasteiger partial charge in [-0.15, -0.1) is 5.10 Å². The summed E-state index contributed by atoms with van der Waals surface area (Å²) in [5, 5.41) is 9.50. The fraction of sp³-hybridized carbons (Fsp3) is 0.292. The molecule has 0 fully saturated rings. The number of nitrogens with one attached hydrogen (secondary N) is 1. The summed E-state index contributed by atoms with van der Waals surface area (Å²) in [6, 6.07) is 15.2. The molecular weight excluding hydrogens is 444 g/mol. The Bertz CT molecular complexity index is 1190. The van der Waals surface area contributed by atoms with Gasteiger partial charge in [-0.25, -0.2) is 4.68 Å². The Morgan fingerprint density at radius 3 is 2.88 bits per heavy atom. The summed E-state index contributed by atoms with van der Waals surface area (Å²) in [6.45, 7) is 2.51. The van der Waals surface area contributed by atoms with Crippen LogP contribution in [-0.2, 0) is 11.4 Å². The number of allylic oxidation sites excluding steroid dienone is 2. The highest BCUT2D eigenvalue weighted by Crippen LogP contribution is 2.41. The second kappa shape index (κ2) is 9.00. The molecule has 164 valence electrons. The van der Waals surface area contributed by atoms with Gasteiger partial charge in [-0.2, -0.15) is 4.98 Å². The highest BCUT2D eigenvalue weighted by molar-refractivity contribution is 7.99. The number of thioether (sulfide) groups is 1. The number of hydrogen-bond acceptors (Lipinski definition) is 6. The Hall–Kier alpha value is -2.77. The summed E-state index contributed by atoms with van der Waals surface area (Å²) < 4.78 is 7.89. The lowest BCUT2D eigenvalue weighted by atomic mass is 9.85. The van der Waals surface area contributed by atoms with Crippen molar-refractivity contribution in [3.63, 3.8) is 0 Å². The van der Waals surface area contributed by atoms with E-state index >= 15 is 0 Å². The molecule has 1 atom stereocenters. The van der Waals surface area contributed by atoms with Gasteiger partial charge in [-0.05, 0) is 54.0 Å². The highest BCUT2D eigenvalue weighted by atomic mass is 35.5. The number of benzene rings is 2. The molecule has 6 nitrogen and oxygen atoms in total. The van der Waals surface area contributed by atoms with Crippen LogP contribution in [0.2, 0.25) is 5.02 Å². The van der Waals surface area contributed by atoms with E-state index < -0.39 is 0 Å². The first-order valence-electron chi connectivity index (χ1n) is 10.7. The third-order valence-corrected chi connectivity index (χ3v) is 6.59. The summed E-state index contributed by atoms with van der Waals surface area (Å²) in [5.41, 5.74) is 3.75. The molecule has 0 saturated heterocycles. The number of halogens is 1. The molecule has 0 saturated carbocycles. The smallest absolute Gasteiger partial charge is 0.227 e. The van der Waals surface area contributed by atoms with Crippen LogP contribution >= 0.6 is 23.4 Å². The molecule has 32 heavy (non-hydrogen) atoms. The molecule has 1 aromatic heterocycles. The van der Waals surface area contributed by atoms with Crippen LogP contribution in [-0.4, -0.2) is 26.3 Å². The van der Waals surface area contributed by atoms with Crippen LogP contribution in [0.5, 0.6) is 5.75 Å². The van der Waals surface area contributed by atoms with Gasteiger partial charge in [-0.3, -0.25) is 4.79 Å². The Labute approximate surface area is 196 Å². The molecule has 5 rings (SSSR count). The summed E-state index contributed by atoms with van der Waals surface area (Å²) in [5.74, 6) is 2.48. The number of carbonyl (C=O) groups excluding carboxylic acids is 1. The number of carbonyl (C=O) groups is 1. The molecule has 1 N–H and O–H groups in total. The molecule has 3 aromatic rings. The zero-order valence-corrected chi connectivity index (χ0v) is 19.2. The zero-order chi connectivity index (χ0) is 22.1. The van der Waals surface area contributed by atoms with Crippen molar-refractivity contribution in [2.24, 2.45) is 0 Å². The predicted octanol–water partition coefficient (Wildman–Crippen LogP) is 5.64. The number of rotatable bonds is 6. The van der Waals surface area contributed by atoms with Gasteiger partial charge in [0.1, 0.15) is 18.4 Å². The third kappa shape index (κ3) is 4.14. The number of hydrogen-bond donors (Lipinski definition) is 1. The van der Waals surface area contributed by atoms with Crippen LogP contribution in [0, 0.1) is 0 Å². The van der Waals surface area contributed by atoms with Crippen LogP contribution in [0.4, 0.5) is 5.95 Å². The fourth-order valence-electron chi connectivity index (χ4n) is 4.16. The number of anilines is 1. The van der Waals surface area contributed by atoms with E-state index in [9.17, 15) is 4.79 Å². The van der Waals surface area contributed by atoms with Crippen molar-refractivity contribution in [3.8, 4) is 5.75 Å². The first-order chi connectivity index (χ1) is 15.6. The van der Waals surface area contributed by atoms with Gasteiger partial charge in [0.05, 0.1) is 0 Å². The van der Waals surface area contributed by atoms with Gasteiger partial charge in [0, 0.05) is 22.7 Å². The predicted molar refractivity (Wildman–Crippen MR) is 126 cm³/mol. The SMILES string of the molecule is CCSc1nc2n(n1)C(c1cccc(OCc3ccc(Cl)cc3)c1)C1=C(CCCC1=O)N2. The normalized spacial score (nSPS) is 17.6. The molecule has 0 amide bonds. The van der Waals surface area contributed by atoms with Gasteiger partial charge in [0.25, 0.3) is 0 Å². The summed E-state index contributed by atoms with van der Waals surface area (Å²) in [7, 11) is 0. The van der Waals surface area contributed by atoms with Crippen molar-refractivity contribution in [1.29, 1.82) is 0 Å². The van der Waals surface area contributed by atoms with E-state index in [-0.39, 0.29) is 11.8 Å². The lowest BCUT2D eigenvalue weighted by Crippen LogP contribution is -2.31. The first-order valence-corrected chi connectivity index (χ1v) is 12.1. The molecule has 0 radical (unpaired) electrons. The van der Waals surface area contributed by atoms with Crippen molar-refractivity contribution in [2.75, 3.05) is 11.1 Å². The quantitative estimate of drug-likeness (QED) is 0.474. The maximum absolute atomic E-state index is 13.0. The second-order valence-electron chi connectivity index (χ2n) is 7.78. The maximum Gasteiger partial charge on any atom is 0.227 e. The van der Waals surface area contributed by atoms with E-state index in [0.717, 1.165) is 46.7 Å². The lowest BCUT2D eigenvalue weighted by Gasteiger charge is -2.32. The monoisotopic (exact) mass is 466 g/mol. The number of Topliss-reactive ketones (excluding diaryl/α,β-unsaturated/α-hetero) is 1. The van der Waals surface area contributed by atoms with Crippen LogP contribution in [0.15, 0.2) is 65.0 Å². The lowest BCUT2D eigenvalue weighted by molar-refractivity contribution is -0.116. The average Bonchev–Trinajstić information content (AvgIpc) is 3.20. The zero-order valence-electron chi connectivity index (χ0n) is 17.7. The van der Waals surface area contributed by atoms with E-state index in [2.05, 4.69) is 17.2 Å². The minimum absolute atomic E-state index is 0.169. The Morgan fingerprint density at radius 1 is 1.22 bits per heavy atom. The Kier molecular flexibility index (Phi) is 5.93. The Balaban J connectivity index is 1.49. The largest absolute Gasteiger partial charge is 0.489 e. The van der Waals surface area contributed by atoms with E-state index in [1.807, 2.05) is 53.2 Å². The number of ether oxygens (including phenoxy) is 1. The topological polar surface area (TPSA) is 69.0 Å².